The van der Waals surface area contributed by atoms with E-state index < -0.39 is 0 Å². The number of para-hydroxylation sites is 1. The molecule has 0 spiro atoms. The van der Waals surface area contributed by atoms with Crippen molar-refractivity contribution in [2.45, 2.75) is 6.54 Å². The van der Waals surface area contributed by atoms with Gasteiger partial charge in [-0.2, -0.15) is 0 Å². The van der Waals surface area contributed by atoms with E-state index in [9.17, 15) is 4.79 Å². The quantitative estimate of drug-likeness (QED) is 0.525. The van der Waals surface area contributed by atoms with Crippen LogP contribution >= 0.6 is 23.2 Å². The maximum Gasteiger partial charge on any atom is 0.258 e. The minimum atomic E-state index is -0.373. The summed E-state index contributed by atoms with van der Waals surface area (Å²) in [7, 11) is 0. The van der Waals surface area contributed by atoms with Gasteiger partial charge in [0.2, 0.25) is 0 Å². The van der Waals surface area contributed by atoms with Crippen molar-refractivity contribution < 1.29 is 4.79 Å². The molecule has 0 bridgehead atoms. The van der Waals surface area contributed by atoms with E-state index in [4.69, 9.17) is 23.2 Å². The molecule has 2 heterocycles. The Balaban J connectivity index is 1.65. The summed E-state index contributed by atoms with van der Waals surface area (Å²) in [4.78, 5) is 21.2. The summed E-state index contributed by atoms with van der Waals surface area (Å²) < 4.78 is 1.97. The maximum absolute atomic E-state index is 12.7. The molecule has 134 valence electrons. The second kappa shape index (κ2) is 7.39. The first-order valence-electron chi connectivity index (χ1n) is 8.20. The summed E-state index contributed by atoms with van der Waals surface area (Å²) in [6.45, 7) is 0.675. The Labute approximate surface area is 165 Å². The van der Waals surface area contributed by atoms with Crippen molar-refractivity contribution in [3.8, 4) is 0 Å². The standard InChI is InChI=1S/C20H14Cl2N4O/c21-15-4-2-5-16(22)18(15)20(27)25-17-6-1-3-14-9-13(10-24-19(14)17)11-26-8-7-23-12-26/h1-10,12H,11H2,(H,25,27). The van der Waals surface area contributed by atoms with Gasteiger partial charge < -0.3 is 9.88 Å². The number of imidazole rings is 1. The zero-order valence-electron chi connectivity index (χ0n) is 14.1. The molecule has 7 heteroatoms. The lowest BCUT2D eigenvalue weighted by Gasteiger charge is -2.11. The third-order valence-corrected chi connectivity index (χ3v) is 4.76. The maximum atomic E-state index is 12.7. The van der Waals surface area contributed by atoms with Crippen LogP contribution in [0, 0.1) is 0 Å². The lowest BCUT2D eigenvalue weighted by molar-refractivity contribution is 0.102. The Hall–Kier alpha value is -2.89. The number of anilines is 1. The van der Waals surface area contributed by atoms with Gasteiger partial charge in [-0.25, -0.2) is 4.98 Å². The van der Waals surface area contributed by atoms with Gasteiger partial charge in [-0.05, 0) is 29.8 Å². The average molecular weight is 397 g/mol. The number of fused-ring (bicyclic) bond motifs is 1. The Bertz CT molecular complexity index is 1110. The fraction of sp³-hybridized carbons (Fsp3) is 0.0500. The number of pyridine rings is 1. The van der Waals surface area contributed by atoms with E-state index in [1.807, 2.05) is 29.0 Å². The molecule has 0 aliphatic rings. The second-order valence-electron chi connectivity index (χ2n) is 6.01. The molecule has 0 fully saturated rings. The monoisotopic (exact) mass is 396 g/mol. The summed E-state index contributed by atoms with van der Waals surface area (Å²) in [6.07, 6.45) is 7.19. The molecule has 0 saturated heterocycles. The summed E-state index contributed by atoms with van der Waals surface area (Å²) >= 11 is 12.3. The summed E-state index contributed by atoms with van der Waals surface area (Å²) in [5.41, 5.74) is 2.58. The first-order valence-corrected chi connectivity index (χ1v) is 8.96. The molecular formula is C20H14Cl2N4O. The van der Waals surface area contributed by atoms with E-state index in [-0.39, 0.29) is 11.5 Å². The van der Waals surface area contributed by atoms with E-state index in [1.165, 1.54) is 0 Å². The van der Waals surface area contributed by atoms with Gasteiger partial charge in [0, 0.05) is 24.0 Å². The molecule has 5 nitrogen and oxygen atoms in total. The minimum absolute atomic E-state index is 0.245. The SMILES string of the molecule is O=C(Nc1cccc2cc(Cn3ccnc3)cnc12)c1c(Cl)cccc1Cl. The van der Waals surface area contributed by atoms with E-state index in [0.717, 1.165) is 10.9 Å². The summed E-state index contributed by atoms with van der Waals surface area (Å²) in [6, 6.07) is 12.6. The highest BCUT2D eigenvalue weighted by atomic mass is 35.5. The molecule has 1 amide bonds. The molecule has 0 aliphatic carbocycles. The Morgan fingerprint density at radius 1 is 1.11 bits per heavy atom. The van der Waals surface area contributed by atoms with Crippen LogP contribution in [0.25, 0.3) is 10.9 Å². The van der Waals surface area contributed by atoms with Crippen molar-refractivity contribution in [1.82, 2.24) is 14.5 Å². The molecule has 0 saturated carbocycles. The molecular weight excluding hydrogens is 383 g/mol. The Morgan fingerprint density at radius 3 is 2.63 bits per heavy atom. The minimum Gasteiger partial charge on any atom is -0.333 e. The van der Waals surface area contributed by atoms with Gasteiger partial charge in [-0.15, -0.1) is 0 Å². The van der Waals surface area contributed by atoms with Crippen LogP contribution in [0.5, 0.6) is 0 Å². The predicted molar refractivity (Wildman–Crippen MR) is 107 cm³/mol. The molecule has 4 rings (SSSR count). The Kier molecular flexibility index (Phi) is 4.79. The van der Waals surface area contributed by atoms with Crippen LogP contribution in [0.2, 0.25) is 10.0 Å². The first kappa shape index (κ1) is 17.5. The summed E-state index contributed by atoms with van der Waals surface area (Å²) in [5.74, 6) is -0.373. The van der Waals surface area contributed by atoms with Gasteiger partial charge in [-0.3, -0.25) is 9.78 Å². The number of nitrogens with one attached hydrogen (secondary N) is 1. The number of aromatic nitrogens is 3. The van der Waals surface area contributed by atoms with E-state index in [0.29, 0.717) is 27.8 Å². The fourth-order valence-electron chi connectivity index (χ4n) is 2.88. The average Bonchev–Trinajstić information content (AvgIpc) is 3.14. The zero-order chi connectivity index (χ0) is 18.8. The highest BCUT2D eigenvalue weighted by Crippen LogP contribution is 2.27. The van der Waals surface area contributed by atoms with Crippen molar-refractivity contribution in [1.29, 1.82) is 0 Å². The molecule has 4 aromatic rings. The predicted octanol–water partition coefficient (Wildman–Crippen LogP) is 5.04. The molecule has 0 aliphatic heterocycles. The van der Waals surface area contributed by atoms with E-state index in [2.05, 4.69) is 15.3 Å². The van der Waals surface area contributed by atoms with Crippen LogP contribution in [0.1, 0.15) is 15.9 Å². The Morgan fingerprint density at radius 2 is 1.89 bits per heavy atom. The van der Waals surface area contributed by atoms with Crippen molar-refractivity contribution in [2.75, 3.05) is 5.32 Å². The lowest BCUT2D eigenvalue weighted by atomic mass is 10.1. The molecule has 0 unspecified atom stereocenters. The number of hydrogen-bond donors (Lipinski definition) is 1. The molecule has 0 atom stereocenters. The van der Waals surface area contributed by atoms with Gasteiger partial charge >= 0.3 is 0 Å². The van der Waals surface area contributed by atoms with Crippen LogP contribution in [0.4, 0.5) is 5.69 Å². The third kappa shape index (κ3) is 3.65. The number of nitrogens with zero attached hydrogens (tertiary/aromatic N) is 3. The lowest BCUT2D eigenvalue weighted by Crippen LogP contribution is -2.13. The smallest absolute Gasteiger partial charge is 0.258 e. The normalized spacial score (nSPS) is 10.9. The fourth-order valence-corrected chi connectivity index (χ4v) is 3.45. The molecule has 2 aromatic carbocycles. The van der Waals surface area contributed by atoms with Gasteiger partial charge in [0.25, 0.3) is 5.91 Å². The van der Waals surface area contributed by atoms with E-state index in [1.54, 1.807) is 43.0 Å². The van der Waals surface area contributed by atoms with Crippen LogP contribution in [-0.4, -0.2) is 20.4 Å². The highest BCUT2D eigenvalue weighted by Gasteiger charge is 2.16. The number of hydrogen-bond acceptors (Lipinski definition) is 3. The third-order valence-electron chi connectivity index (χ3n) is 4.13. The first-order chi connectivity index (χ1) is 13.1. The van der Waals surface area contributed by atoms with E-state index >= 15 is 0 Å². The number of benzene rings is 2. The number of amides is 1. The number of rotatable bonds is 4. The summed E-state index contributed by atoms with van der Waals surface area (Å²) in [5, 5.41) is 4.39. The number of halogens is 2. The second-order valence-corrected chi connectivity index (χ2v) is 6.82. The van der Waals surface area contributed by atoms with Gasteiger partial charge in [0.1, 0.15) is 0 Å². The van der Waals surface area contributed by atoms with Crippen LogP contribution in [0.3, 0.4) is 0 Å². The topological polar surface area (TPSA) is 59.8 Å². The molecule has 2 aromatic heterocycles. The molecule has 0 radical (unpaired) electrons. The van der Waals surface area contributed by atoms with Crippen molar-refractivity contribution in [2.24, 2.45) is 0 Å². The van der Waals surface area contributed by atoms with Crippen LogP contribution in [-0.2, 0) is 6.54 Å². The van der Waals surface area contributed by atoms with Crippen LogP contribution < -0.4 is 5.32 Å². The van der Waals surface area contributed by atoms with Crippen molar-refractivity contribution >= 4 is 45.7 Å². The molecule has 1 N–H and O–H groups in total. The van der Waals surface area contributed by atoms with Crippen LogP contribution in [0.15, 0.2) is 67.4 Å². The number of carbonyl (C=O) groups is 1. The van der Waals surface area contributed by atoms with Crippen molar-refractivity contribution in [3.05, 3.63) is 88.6 Å². The van der Waals surface area contributed by atoms with Gasteiger partial charge in [0.15, 0.2) is 0 Å². The number of carbonyl (C=O) groups excluding carboxylic acids is 1. The largest absolute Gasteiger partial charge is 0.333 e. The molecule has 27 heavy (non-hydrogen) atoms. The highest BCUT2D eigenvalue weighted by molar-refractivity contribution is 6.40. The zero-order valence-corrected chi connectivity index (χ0v) is 15.6. The van der Waals surface area contributed by atoms with Crippen molar-refractivity contribution in [3.63, 3.8) is 0 Å². The van der Waals surface area contributed by atoms with Gasteiger partial charge in [0.05, 0.1) is 39.7 Å². The van der Waals surface area contributed by atoms with Gasteiger partial charge in [-0.1, -0.05) is 41.4 Å².